The fraction of sp³-hybridized carbons (Fsp3) is 0.571. The van der Waals surface area contributed by atoms with Crippen LogP contribution >= 0.6 is 0 Å². The molecule has 2 aliphatic carbocycles. The molecule has 2 aromatic heterocycles. The number of nitrogens with one attached hydrogen (secondary N) is 4. The van der Waals surface area contributed by atoms with Gasteiger partial charge in [0.05, 0.1) is 48.4 Å². The van der Waals surface area contributed by atoms with Gasteiger partial charge in [0.15, 0.2) is 0 Å². The molecule has 4 heterocycles. The van der Waals surface area contributed by atoms with Crippen molar-refractivity contribution in [2.75, 3.05) is 27.3 Å². The van der Waals surface area contributed by atoms with Crippen LogP contribution in [0.2, 0.25) is 0 Å². The molecule has 56 heavy (non-hydrogen) atoms. The largest absolute Gasteiger partial charge is 0.453 e. The Balaban J connectivity index is 1.00. The number of aromatic nitrogens is 4. The summed E-state index contributed by atoms with van der Waals surface area (Å²) in [4.78, 5) is 73.6. The minimum absolute atomic E-state index is 0.0652. The summed E-state index contributed by atoms with van der Waals surface area (Å²) in [5.41, 5.74) is 5.38. The van der Waals surface area contributed by atoms with Gasteiger partial charge in [-0.25, -0.2) is 19.6 Å². The molecule has 4 aromatic rings. The summed E-state index contributed by atoms with van der Waals surface area (Å²) in [6.45, 7) is 1.23. The van der Waals surface area contributed by atoms with Crippen LogP contribution in [-0.4, -0.2) is 93.1 Å². The molecule has 4 N–H and O–H groups in total. The SMILES string of the molecule is COC(=O)N[C@H](C(=O)N1CCC[C@H]1c1nc2cc(-c3ccc4[nH]c([C@@H]5CCCN5C(=O)[C@@H](NC(=O)OC)C5CCCCC5)nc4c3)ccc2[nH]1)C1CCCCC1. The predicted octanol–water partition coefficient (Wildman–Crippen LogP) is 7.04. The van der Waals surface area contributed by atoms with Gasteiger partial charge in [-0.2, -0.15) is 0 Å². The lowest BCUT2D eigenvalue weighted by molar-refractivity contribution is -0.136. The van der Waals surface area contributed by atoms with Crippen LogP contribution in [0.4, 0.5) is 9.59 Å². The average Bonchev–Trinajstić information content (AvgIpc) is 4.07. The highest BCUT2D eigenvalue weighted by molar-refractivity contribution is 5.89. The number of aromatic amines is 2. The predicted molar refractivity (Wildman–Crippen MR) is 210 cm³/mol. The summed E-state index contributed by atoms with van der Waals surface area (Å²) in [6, 6.07) is 10.7. The van der Waals surface area contributed by atoms with Crippen LogP contribution in [0.3, 0.4) is 0 Å². The molecule has 2 aliphatic heterocycles. The van der Waals surface area contributed by atoms with Crippen LogP contribution in [-0.2, 0) is 19.1 Å². The molecule has 0 spiro atoms. The van der Waals surface area contributed by atoms with Crippen molar-refractivity contribution in [1.29, 1.82) is 0 Å². The zero-order chi connectivity index (χ0) is 38.8. The second kappa shape index (κ2) is 16.5. The number of hydrogen-bond acceptors (Lipinski definition) is 8. The number of fused-ring (bicyclic) bond motifs is 2. The number of benzene rings is 2. The van der Waals surface area contributed by atoms with E-state index < -0.39 is 24.3 Å². The van der Waals surface area contributed by atoms with E-state index in [1.807, 2.05) is 21.9 Å². The molecule has 8 rings (SSSR count). The Bertz CT molecular complexity index is 1920. The quantitative estimate of drug-likeness (QED) is 0.140. The van der Waals surface area contributed by atoms with Gasteiger partial charge in [0.2, 0.25) is 11.8 Å². The van der Waals surface area contributed by atoms with E-state index in [1.165, 1.54) is 14.2 Å². The maximum absolute atomic E-state index is 14.1. The summed E-state index contributed by atoms with van der Waals surface area (Å²) < 4.78 is 9.82. The van der Waals surface area contributed by atoms with Gasteiger partial charge >= 0.3 is 12.2 Å². The minimum Gasteiger partial charge on any atom is -0.453 e. The monoisotopic (exact) mass is 766 g/mol. The van der Waals surface area contributed by atoms with E-state index in [1.54, 1.807) is 0 Å². The van der Waals surface area contributed by atoms with Crippen LogP contribution in [0.5, 0.6) is 0 Å². The van der Waals surface area contributed by atoms with Gasteiger partial charge in [-0.05, 0) is 98.6 Å². The van der Waals surface area contributed by atoms with E-state index in [0.29, 0.717) is 13.1 Å². The zero-order valence-corrected chi connectivity index (χ0v) is 32.5. The van der Waals surface area contributed by atoms with Crippen molar-refractivity contribution in [3.05, 3.63) is 48.0 Å². The highest BCUT2D eigenvalue weighted by atomic mass is 16.5. The van der Waals surface area contributed by atoms with Crippen LogP contribution in [0.15, 0.2) is 36.4 Å². The molecule has 4 fully saturated rings. The first-order valence-corrected chi connectivity index (χ1v) is 20.6. The fourth-order valence-corrected chi connectivity index (χ4v) is 9.78. The number of amides is 4. The van der Waals surface area contributed by atoms with Gasteiger partial charge < -0.3 is 39.9 Å². The summed E-state index contributed by atoms with van der Waals surface area (Å²) in [6.07, 6.45) is 12.3. The molecule has 4 atom stereocenters. The third-order valence-corrected chi connectivity index (χ3v) is 12.7. The smallest absolute Gasteiger partial charge is 0.407 e. The molecular formula is C42H54N8O6. The van der Waals surface area contributed by atoms with E-state index in [2.05, 4.69) is 44.9 Å². The number of H-pyrrole nitrogens is 2. The van der Waals surface area contributed by atoms with Crippen molar-refractivity contribution in [3.63, 3.8) is 0 Å². The zero-order valence-electron chi connectivity index (χ0n) is 32.5. The van der Waals surface area contributed by atoms with Gasteiger partial charge in [-0.15, -0.1) is 0 Å². The summed E-state index contributed by atoms with van der Waals surface area (Å²) >= 11 is 0. The van der Waals surface area contributed by atoms with Crippen molar-refractivity contribution in [2.45, 2.75) is 114 Å². The molecule has 14 nitrogen and oxygen atoms in total. The summed E-state index contributed by atoms with van der Waals surface area (Å²) in [7, 11) is 2.66. The van der Waals surface area contributed by atoms with Gasteiger partial charge in [-0.1, -0.05) is 50.7 Å². The second-order valence-corrected chi connectivity index (χ2v) is 16.1. The molecule has 0 bridgehead atoms. The molecule has 4 aliphatic rings. The van der Waals surface area contributed by atoms with Crippen LogP contribution in [0, 0.1) is 11.8 Å². The Morgan fingerprint density at radius 2 is 1.02 bits per heavy atom. The standard InChI is InChI=1S/C42H54N8O6/c1-55-41(53)47-35(25-11-5-3-6-12-25)39(51)49-21-9-15-33(49)37-43-29-19-17-27(23-31(29)45-37)28-18-20-30-32(24-28)46-38(44-30)34-16-10-22-50(34)40(52)36(48-42(54)56-2)26-13-7-4-8-14-26/h17-20,23-26,33-36H,3-16,21-22H2,1-2H3,(H,43,45)(H,44,46)(H,47,53)(H,48,54)/t33-,34-,35-,36-/m0/s1. The molecule has 2 saturated heterocycles. The number of carbonyl (C=O) groups excluding carboxylic acids is 4. The van der Waals surface area contributed by atoms with Crippen molar-refractivity contribution in [2.24, 2.45) is 11.8 Å². The molecule has 2 aromatic carbocycles. The van der Waals surface area contributed by atoms with Crippen molar-refractivity contribution in [1.82, 2.24) is 40.4 Å². The lowest BCUT2D eigenvalue weighted by Crippen LogP contribution is -2.52. The number of alkyl carbamates (subject to hydrolysis) is 2. The number of nitrogens with zero attached hydrogens (tertiary/aromatic N) is 4. The number of hydrogen-bond donors (Lipinski definition) is 4. The molecule has 2 saturated carbocycles. The first-order chi connectivity index (χ1) is 27.3. The lowest BCUT2D eigenvalue weighted by atomic mass is 9.83. The fourth-order valence-electron chi connectivity index (χ4n) is 9.78. The van der Waals surface area contributed by atoms with E-state index >= 15 is 0 Å². The molecule has 298 valence electrons. The maximum Gasteiger partial charge on any atom is 0.407 e. The highest BCUT2D eigenvalue weighted by Gasteiger charge is 2.41. The number of imidazole rings is 2. The molecule has 14 heteroatoms. The normalized spacial score (nSPS) is 22.0. The lowest BCUT2D eigenvalue weighted by Gasteiger charge is -2.34. The number of likely N-dealkylation sites (tertiary alicyclic amines) is 2. The third-order valence-electron chi connectivity index (χ3n) is 12.7. The number of rotatable bonds is 9. The first-order valence-electron chi connectivity index (χ1n) is 20.6. The van der Waals surface area contributed by atoms with Gasteiger partial charge in [0.25, 0.3) is 0 Å². The van der Waals surface area contributed by atoms with E-state index in [-0.39, 0.29) is 35.7 Å². The topological polar surface area (TPSA) is 175 Å². The number of ether oxygens (including phenoxy) is 2. The summed E-state index contributed by atoms with van der Waals surface area (Å²) in [5.74, 6) is 1.55. The Kier molecular flexibility index (Phi) is 11.1. The van der Waals surface area contributed by atoms with Crippen LogP contribution in [0.1, 0.15) is 114 Å². The van der Waals surface area contributed by atoms with Gasteiger partial charge in [0, 0.05) is 13.1 Å². The molecule has 4 amide bonds. The Morgan fingerprint density at radius 3 is 1.41 bits per heavy atom. The third kappa shape index (κ3) is 7.66. The highest BCUT2D eigenvalue weighted by Crippen LogP contribution is 2.38. The van der Waals surface area contributed by atoms with E-state index in [4.69, 9.17) is 19.4 Å². The molecule has 0 radical (unpaired) electrons. The Morgan fingerprint density at radius 1 is 0.607 bits per heavy atom. The van der Waals surface area contributed by atoms with E-state index in [0.717, 1.165) is 135 Å². The van der Waals surface area contributed by atoms with E-state index in [9.17, 15) is 19.2 Å². The second-order valence-electron chi connectivity index (χ2n) is 16.1. The van der Waals surface area contributed by atoms with Crippen LogP contribution < -0.4 is 10.6 Å². The molecule has 0 unspecified atom stereocenters. The van der Waals surface area contributed by atoms with Crippen molar-refractivity contribution < 1.29 is 28.7 Å². The molecular weight excluding hydrogens is 713 g/mol. The average molecular weight is 767 g/mol. The summed E-state index contributed by atoms with van der Waals surface area (Å²) in [5, 5.41) is 5.75. The Labute approximate surface area is 326 Å². The number of methoxy groups -OCH3 is 2. The van der Waals surface area contributed by atoms with Crippen molar-refractivity contribution in [3.8, 4) is 11.1 Å². The maximum atomic E-state index is 14.1. The van der Waals surface area contributed by atoms with Gasteiger partial charge in [0.1, 0.15) is 23.7 Å². The Hall–Kier alpha value is -5.14. The first kappa shape index (κ1) is 37.8. The van der Waals surface area contributed by atoms with Gasteiger partial charge in [-0.3, -0.25) is 9.59 Å². The van der Waals surface area contributed by atoms with Crippen LogP contribution in [0.25, 0.3) is 33.2 Å². The van der Waals surface area contributed by atoms with Crippen molar-refractivity contribution >= 4 is 46.1 Å². The minimum atomic E-state index is -0.615. The number of carbonyl (C=O) groups is 4.